The molecule has 0 radical (unpaired) electrons. The summed E-state index contributed by atoms with van der Waals surface area (Å²) < 4.78 is 0. The summed E-state index contributed by atoms with van der Waals surface area (Å²) in [5.41, 5.74) is 0. The Morgan fingerprint density at radius 2 is 1.89 bits per heavy atom. The first-order valence-corrected chi connectivity index (χ1v) is 7.90. The predicted molar refractivity (Wildman–Crippen MR) is 80.2 cm³/mol. The van der Waals surface area contributed by atoms with Crippen molar-refractivity contribution >= 4 is 0 Å². The average Bonchev–Trinajstić information content (AvgIpc) is 2.87. The minimum Gasteiger partial charge on any atom is -0.313 e. The summed E-state index contributed by atoms with van der Waals surface area (Å²) in [4.78, 5) is 5.10. The van der Waals surface area contributed by atoms with Crippen LogP contribution >= 0.6 is 0 Å². The van der Waals surface area contributed by atoms with Crippen LogP contribution in [0.15, 0.2) is 0 Å². The molecule has 1 aliphatic rings. The summed E-state index contributed by atoms with van der Waals surface area (Å²) in [6, 6.07) is 0.679. The van der Waals surface area contributed by atoms with Crippen LogP contribution in [0.25, 0.3) is 0 Å². The number of likely N-dealkylation sites (N-methyl/N-ethyl adjacent to an activating group) is 1. The SMILES string of the molecule is CCCNC(CCC)CN(C)CCN1CCCC1. The number of rotatable bonds is 10. The minimum absolute atomic E-state index is 0.679. The van der Waals surface area contributed by atoms with Gasteiger partial charge in [0.25, 0.3) is 0 Å². The molecule has 0 aliphatic carbocycles. The van der Waals surface area contributed by atoms with E-state index in [4.69, 9.17) is 0 Å². The van der Waals surface area contributed by atoms with Crippen LogP contribution in [-0.4, -0.2) is 62.2 Å². The Balaban J connectivity index is 2.15. The van der Waals surface area contributed by atoms with Crippen LogP contribution in [0.5, 0.6) is 0 Å². The number of nitrogens with zero attached hydrogens (tertiary/aromatic N) is 2. The summed E-state index contributed by atoms with van der Waals surface area (Å²) >= 11 is 0. The first kappa shape index (κ1) is 15.9. The third-order valence-corrected chi connectivity index (χ3v) is 3.85. The van der Waals surface area contributed by atoms with E-state index in [-0.39, 0.29) is 0 Å². The summed E-state index contributed by atoms with van der Waals surface area (Å²) in [7, 11) is 2.27. The van der Waals surface area contributed by atoms with Crippen molar-refractivity contribution in [2.45, 2.75) is 52.0 Å². The molecule has 1 heterocycles. The Kier molecular flexibility index (Phi) is 8.64. The molecule has 3 heteroatoms. The highest BCUT2D eigenvalue weighted by molar-refractivity contribution is 4.72. The van der Waals surface area contributed by atoms with Gasteiger partial charge in [-0.3, -0.25) is 0 Å². The fourth-order valence-corrected chi connectivity index (χ4v) is 2.74. The average molecular weight is 255 g/mol. The van der Waals surface area contributed by atoms with E-state index in [2.05, 4.69) is 36.0 Å². The molecule has 18 heavy (non-hydrogen) atoms. The smallest absolute Gasteiger partial charge is 0.0194 e. The van der Waals surface area contributed by atoms with Crippen molar-refractivity contribution in [1.29, 1.82) is 0 Å². The number of hydrogen-bond donors (Lipinski definition) is 1. The topological polar surface area (TPSA) is 18.5 Å². The van der Waals surface area contributed by atoms with Crippen LogP contribution in [0.2, 0.25) is 0 Å². The lowest BCUT2D eigenvalue weighted by atomic mass is 10.1. The van der Waals surface area contributed by atoms with Crippen molar-refractivity contribution in [3.05, 3.63) is 0 Å². The summed E-state index contributed by atoms with van der Waals surface area (Å²) in [5, 5.41) is 3.67. The van der Waals surface area contributed by atoms with E-state index in [1.807, 2.05) is 0 Å². The van der Waals surface area contributed by atoms with Gasteiger partial charge < -0.3 is 15.1 Å². The second kappa shape index (κ2) is 9.76. The van der Waals surface area contributed by atoms with Crippen molar-refractivity contribution in [1.82, 2.24) is 15.1 Å². The molecule has 108 valence electrons. The van der Waals surface area contributed by atoms with E-state index in [1.165, 1.54) is 64.8 Å². The number of likely N-dealkylation sites (tertiary alicyclic amines) is 1. The van der Waals surface area contributed by atoms with Crippen molar-refractivity contribution in [2.24, 2.45) is 0 Å². The van der Waals surface area contributed by atoms with Gasteiger partial charge in [0.15, 0.2) is 0 Å². The van der Waals surface area contributed by atoms with Gasteiger partial charge in [-0.25, -0.2) is 0 Å². The zero-order chi connectivity index (χ0) is 13.2. The molecule has 1 rings (SSSR count). The van der Waals surface area contributed by atoms with E-state index < -0.39 is 0 Å². The molecule has 0 saturated carbocycles. The molecule has 3 nitrogen and oxygen atoms in total. The van der Waals surface area contributed by atoms with Crippen LogP contribution in [0.1, 0.15) is 46.0 Å². The largest absolute Gasteiger partial charge is 0.313 e. The first-order valence-electron chi connectivity index (χ1n) is 7.90. The zero-order valence-corrected chi connectivity index (χ0v) is 12.7. The van der Waals surface area contributed by atoms with Crippen LogP contribution in [0.3, 0.4) is 0 Å². The van der Waals surface area contributed by atoms with Crippen molar-refractivity contribution in [3.8, 4) is 0 Å². The fourth-order valence-electron chi connectivity index (χ4n) is 2.74. The molecule has 0 aromatic heterocycles. The van der Waals surface area contributed by atoms with Crippen molar-refractivity contribution in [3.63, 3.8) is 0 Å². The quantitative estimate of drug-likeness (QED) is 0.645. The monoisotopic (exact) mass is 255 g/mol. The van der Waals surface area contributed by atoms with Crippen LogP contribution in [-0.2, 0) is 0 Å². The van der Waals surface area contributed by atoms with Crippen molar-refractivity contribution in [2.75, 3.05) is 46.3 Å². The van der Waals surface area contributed by atoms with Gasteiger partial charge in [0.05, 0.1) is 0 Å². The lowest BCUT2D eigenvalue weighted by molar-refractivity contribution is 0.234. The van der Waals surface area contributed by atoms with Gasteiger partial charge in [0, 0.05) is 25.7 Å². The van der Waals surface area contributed by atoms with Gasteiger partial charge >= 0.3 is 0 Å². The lowest BCUT2D eigenvalue weighted by Gasteiger charge is -2.26. The fraction of sp³-hybridized carbons (Fsp3) is 1.00. The Morgan fingerprint density at radius 1 is 1.17 bits per heavy atom. The maximum absolute atomic E-state index is 3.67. The molecule has 1 aliphatic heterocycles. The van der Waals surface area contributed by atoms with Crippen LogP contribution < -0.4 is 5.32 Å². The van der Waals surface area contributed by atoms with Gasteiger partial charge in [-0.2, -0.15) is 0 Å². The molecule has 0 amide bonds. The zero-order valence-electron chi connectivity index (χ0n) is 12.7. The van der Waals surface area contributed by atoms with Crippen LogP contribution in [0.4, 0.5) is 0 Å². The Bertz CT molecular complexity index is 190. The lowest BCUT2D eigenvalue weighted by Crippen LogP contribution is -2.42. The molecule has 1 N–H and O–H groups in total. The highest BCUT2D eigenvalue weighted by atomic mass is 15.2. The van der Waals surface area contributed by atoms with E-state index in [0.717, 1.165) is 6.54 Å². The number of nitrogens with one attached hydrogen (secondary N) is 1. The number of hydrogen-bond acceptors (Lipinski definition) is 3. The minimum atomic E-state index is 0.679. The summed E-state index contributed by atoms with van der Waals surface area (Å²) in [6.45, 7) is 12.0. The van der Waals surface area contributed by atoms with Gasteiger partial charge in [-0.15, -0.1) is 0 Å². The van der Waals surface area contributed by atoms with Gasteiger partial charge in [0.2, 0.25) is 0 Å². The highest BCUT2D eigenvalue weighted by Gasteiger charge is 2.13. The molecule has 0 aromatic carbocycles. The highest BCUT2D eigenvalue weighted by Crippen LogP contribution is 2.07. The molecule has 1 fully saturated rings. The summed E-state index contributed by atoms with van der Waals surface area (Å²) in [5.74, 6) is 0. The molecule has 0 aromatic rings. The molecule has 0 bridgehead atoms. The Hall–Kier alpha value is -0.120. The van der Waals surface area contributed by atoms with E-state index in [9.17, 15) is 0 Å². The maximum atomic E-state index is 3.67. The normalized spacial score (nSPS) is 18.7. The first-order chi connectivity index (χ1) is 8.76. The van der Waals surface area contributed by atoms with E-state index in [1.54, 1.807) is 0 Å². The summed E-state index contributed by atoms with van der Waals surface area (Å²) in [6.07, 6.45) is 6.62. The third kappa shape index (κ3) is 6.72. The Morgan fingerprint density at radius 3 is 2.50 bits per heavy atom. The van der Waals surface area contributed by atoms with Gasteiger partial charge in [-0.1, -0.05) is 20.3 Å². The van der Waals surface area contributed by atoms with E-state index in [0.29, 0.717) is 6.04 Å². The predicted octanol–water partition coefficient (Wildman–Crippen LogP) is 2.18. The van der Waals surface area contributed by atoms with Gasteiger partial charge in [-0.05, 0) is 52.4 Å². The standard InChI is InChI=1S/C15H33N3/c1-4-8-15(16-9-5-2)14-17(3)12-13-18-10-6-7-11-18/h15-16H,4-14H2,1-3H3. The molecular weight excluding hydrogens is 222 g/mol. The van der Waals surface area contributed by atoms with Crippen molar-refractivity contribution < 1.29 is 0 Å². The molecule has 1 unspecified atom stereocenters. The molecule has 1 saturated heterocycles. The second-order valence-electron chi connectivity index (χ2n) is 5.75. The second-order valence-corrected chi connectivity index (χ2v) is 5.75. The maximum Gasteiger partial charge on any atom is 0.0194 e. The van der Waals surface area contributed by atoms with E-state index >= 15 is 0 Å². The molecule has 0 spiro atoms. The molecular formula is C15H33N3. The Labute approximate surface area is 114 Å². The van der Waals surface area contributed by atoms with Gasteiger partial charge in [0.1, 0.15) is 0 Å². The molecule has 1 atom stereocenters. The third-order valence-electron chi connectivity index (χ3n) is 3.85. The van der Waals surface area contributed by atoms with Crippen LogP contribution in [0, 0.1) is 0 Å².